The molecule has 0 N–H and O–H groups in total. The van der Waals surface area contributed by atoms with Crippen molar-refractivity contribution in [2.75, 3.05) is 0 Å². The van der Waals surface area contributed by atoms with Gasteiger partial charge in [0, 0.05) is 12.3 Å². The molecular formula is C17H32O. The summed E-state index contributed by atoms with van der Waals surface area (Å²) in [5.74, 6) is 2.88. The molecule has 106 valence electrons. The van der Waals surface area contributed by atoms with Crippen molar-refractivity contribution in [3.63, 3.8) is 0 Å². The second kappa shape index (κ2) is 6.21. The van der Waals surface area contributed by atoms with Crippen LogP contribution in [0, 0.1) is 29.1 Å². The zero-order chi connectivity index (χ0) is 13.9. The predicted octanol–water partition coefficient (Wildman–Crippen LogP) is 5.09. The Balaban J connectivity index is 2.73. The topological polar surface area (TPSA) is 17.1 Å². The second-order valence-corrected chi connectivity index (χ2v) is 7.59. The Kier molecular flexibility index (Phi) is 5.43. The molecule has 1 saturated carbocycles. The van der Waals surface area contributed by atoms with Crippen LogP contribution in [0.25, 0.3) is 0 Å². The molecule has 3 atom stereocenters. The maximum atomic E-state index is 12.6. The Labute approximate surface area is 114 Å². The molecule has 0 spiro atoms. The maximum Gasteiger partial charge on any atom is 0.136 e. The van der Waals surface area contributed by atoms with E-state index in [-0.39, 0.29) is 5.41 Å². The highest BCUT2D eigenvalue weighted by Gasteiger charge is 2.36. The summed E-state index contributed by atoms with van der Waals surface area (Å²) in [6.07, 6.45) is 5.55. The highest BCUT2D eigenvalue weighted by molar-refractivity contribution is 5.82. The molecule has 3 unspecified atom stereocenters. The van der Waals surface area contributed by atoms with Gasteiger partial charge in [-0.1, -0.05) is 54.4 Å². The van der Waals surface area contributed by atoms with Crippen LogP contribution in [0.3, 0.4) is 0 Å². The van der Waals surface area contributed by atoms with Gasteiger partial charge >= 0.3 is 0 Å². The van der Waals surface area contributed by atoms with E-state index >= 15 is 0 Å². The number of hydrogen-bond donors (Lipinski definition) is 0. The third-order valence-corrected chi connectivity index (χ3v) is 5.05. The van der Waals surface area contributed by atoms with Gasteiger partial charge in [-0.25, -0.2) is 0 Å². The van der Waals surface area contributed by atoms with Gasteiger partial charge in [0.2, 0.25) is 0 Å². The number of carbonyl (C=O) groups is 1. The summed E-state index contributed by atoms with van der Waals surface area (Å²) in [6.45, 7) is 13.5. The van der Waals surface area contributed by atoms with Gasteiger partial charge in [0.25, 0.3) is 0 Å². The zero-order valence-corrected chi connectivity index (χ0v) is 13.3. The summed E-state index contributed by atoms with van der Waals surface area (Å²) in [7, 11) is 0. The van der Waals surface area contributed by atoms with E-state index in [2.05, 4.69) is 41.5 Å². The first kappa shape index (κ1) is 15.7. The molecular weight excluding hydrogens is 220 g/mol. The minimum atomic E-state index is 0.180. The van der Waals surface area contributed by atoms with Crippen molar-refractivity contribution in [1.29, 1.82) is 0 Å². The van der Waals surface area contributed by atoms with E-state index in [0.29, 0.717) is 23.5 Å². The van der Waals surface area contributed by atoms with Crippen molar-refractivity contribution in [3.05, 3.63) is 0 Å². The standard InChI is InChI=1S/C17H32O/c1-7-17(5,6)11-16(18)15-10-13(4)8-9-14(15)12(2)3/h12-15H,7-11H2,1-6H3. The molecule has 0 aromatic carbocycles. The lowest BCUT2D eigenvalue weighted by atomic mass is 9.66. The minimum Gasteiger partial charge on any atom is -0.299 e. The van der Waals surface area contributed by atoms with E-state index < -0.39 is 0 Å². The molecule has 0 amide bonds. The van der Waals surface area contributed by atoms with Crippen molar-refractivity contribution in [2.45, 2.75) is 73.6 Å². The van der Waals surface area contributed by atoms with Crippen LogP contribution in [0.1, 0.15) is 73.6 Å². The smallest absolute Gasteiger partial charge is 0.136 e. The van der Waals surface area contributed by atoms with E-state index in [1.165, 1.54) is 12.8 Å². The average molecular weight is 252 g/mol. The van der Waals surface area contributed by atoms with Crippen molar-refractivity contribution < 1.29 is 4.79 Å². The van der Waals surface area contributed by atoms with Crippen LogP contribution in [-0.4, -0.2) is 5.78 Å². The third-order valence-electron chi connectivity index (χ3n) is 5.05. The number of carbonyl (C=O) groups excluding carboxylic acids is 1. The molecule has 18 heavy (non-hydrogen) atoms. The van der Waals surface area contributed by atoms with E-state index in [4.69, 9.17) is 0 Å². The molecule has 0 aliphatic heterocycles. The largest absolute Gasteiger partial charge is 0.299 e. The van der Waals surface area contributed by atoms with Gasteiger partial charge in [0.15, 0.2) is 0 Å². The molecule has 1 aliphatic carbocycles. The molecule has 0 saturated heterocycles. The normalized spacial score (nSPS) is 29.6. The van der Waals surface area contributed by atoms with Gasteiger partial charge in [-0.05, 0) is 36.0 Å². The predicted molar refractivity (Wildman–Crippen MR) is 78.5 cm³/mol. The summed E-state index contributed by atoms with van der Waals surface area (Å²) < 4.78 is 0. The third kappa shape index (κ3) is 4.10. The van der Waals surface area contributed by atoms with Crippen LogP contribution in [0.5, 0.6) is 0 Å². The lowest BCUT2D eigenvalue weighted by molar-refractivity contribution is -0.129. The van der Waals surface area contributed by atoms with Crippen LogP contribution < -0.4 is 0 Å². The van der Waals surface area contributed by atoms with Gasteiger partial charge < -0.3 is 0 Å². The van der Waals surface area contributed by atoms with E-state index in [0.717, 1.165) is 25.2 Å². The molecule has 0 radical (unpaired) electrons. The van der Waals surface area contributed by atoms with Gasteiger partial charge in [-0.15, -0.1) is 0 Å². The Morgan fingerprint density at radius 2 is 1.89 bits per heavy atom. The van der Waals surface area contributed by atoms with E-state index in [9.17, 15) is 4.79 Å². The molecule has 1 heteroatoms. The molecule has 0 aromatic rings. The van der Waals surface area contributed by atoms with E-state index in [1.807, 2.05) is 0 Å². The fourth-order valence-electron chi connectivity index (χ4n) is 3.30. The monoisotopic (exact) mass is 252 g/mol. The van der Waals surface area contributed by atoms with Crippen molar-refractivity contribution in [2.24, 2.45) is 29.1 Å². The number of ketones is 1. The van der Waals surface area contributed by atoms with Crippen LogP contribution in [0.4, 0.5) is 0 Å². The number of rotatable bonds is 5. The quantitative estimate of drug-likeness (QED) is 0.666. The summed E-state index contributed by atoms with van der Waals surface area (Å²) in [5, 5.41) is 0. The fraction of sp³-hybridized carbons (Fsp3) is 0.941. The lowest BCUT2D eigenvalue weighted by Crippen LogP contribution is -2.35. The highest BCUT2D eigenvalue weighted by Crippen LogP contribution is 2.40. The lowest BCUT2D eigenvalue weighted by Gasteiger charge is -2.38. The van der Waals surface area contributed by atoms with Crippen molar-refractivity contribution in [1.82, 2.24) is 0 Å². The van der Waals surface area contributed by atoms with Crippen molar-refractivity contribution in [3.8, 4) is 0 Å². The Bertz CT molecular complexity index is 277. The molecule has 1 aliphatic rings. The Morgan fingerprint density at radius 3 is 2.39 bits per heavy atom. The highest BCUT2D eigenvalue weighted by atomic mass is 16.1. The first-order valence-corrected chi connectivity index (χ1v) is 7.79. The average Bonchev–Trinajstić information content (AvgIpc) is 2.28. The summed E-state index contributed by atoms with van der Waals surface area (Å²) in [4.78, 5) is 12.6. The summed E-state index contributed by atoms with van der Waals surface area (Å²) in [6, 6.07) is 0. The van der Waals surface area contributed by atoms with Crippen molar-refractivity contribution >= 4 is 5.78 Å². The molecule has 1 rings (SSSR count). The Morgan fingerprint density at radius 1 is 1.28 bits per heavy atom. The first-order valence-electron chi connectivity index (χ1n) is 7.79. The van der Waals surface area contributed by atoms with Crippen LogP contribution >= 0.6 is 0 Å². The van der Waals surface area contributed by atoms with Crippen LogP contribution in [-0.2, 0) is 4.79 Å². The molecule has 1 fully saturated rings. The first-order chi connectivity index (χ1) is 8.26. The van der Waals surface area contributed by atoms with Crippen LogP contribution in [0.2, 0.25) is 0 Å². The number of hydrogen-bond acceptors (Lipinski definition) is 1. The minimum absolute atomic E-state index is 0.180. The SMILES string of the molecule is CCC(C)(C)CC(=O)C1CC(C)CCC1C(C)C. The second-order valence-electron chi connectivity index (χ2n) is 7.59. The van der Waals surface area contributed by atoms with E-state index in [1.54, 1.807) is 0 Å². The van der Waals surface area contributed by atoms with Gasteiger partial charge in [-0.2, -0.15) is 0 Å². The molecule has 0 bridgehead atoms. The van der Waals surface area contributed by atoms with Crippen LogP contribution in [0.15, 0.2) is 0 Å². The summed E-state index contributed by atoms with van der Waals surface area (Å²) >= 11 is 0. The fourth-order valence-corrected chi connectivity index (χ4v) is 3.30. The van der Waals surface area contributed by atoms with Gasteiger partial charge in [0.05, 0.1) is 0 Å². The van der Waals surface area contributed by atoms with Gasteiger partial charge in [-0.3, -0.25) is 4.79 Å². The number of Topliss-reactive ketones (excluding diaryl/α,β-unsaturated/α-hetero) is 1. The summed E-state index contributed by atoms with van der Waals surface area (Å²) in [5.41, 5.74) is 0.180. The molecule has 0 heterocycles. The molecule has 0 aromatic heterocycles. The maximum absolute atomic E-state index is 12.6. The van der Waals surface area contributed by atoms with Gasteiger partial charge in [0.1, 0.15) is 5.78 Å². The zero-order valence-electron chi connectivity index (χ0n) is 13.3. The Hall–Kier alpha value is -0.330. The molecule has 1 nitrogen and oxygen atoms in total.